The first-order valence-electron chi connectivity index (χ1n) is 4.30. The van der Waals surface area contributed by atoms with Crippen molar-refractivity contribution in [1.82, 2.24) is 0 Å². The fourth-order valence-electron chi connectivity index (χ4n) is 1.52. The maximum Gasteiger partial charge on any atom is 0.127 e. The summed E-state index contributed by atoms with van der Waals surface area (Å²) >= 11 is 0. The molecule has 0 radical (unpaired) electrons. The van der Waals surface area contributed by atoms with Gasteiger partial charge < -0.3 is 5.73 Å². The molecule has 0 spiro atoms. The van der Waals surface area contributed by atoms with Crippen molar-refractivity contribution in [3.63, 3.8) is 0 Å². The Morgan fingerprint density at radius 3 is 2.46 bits per heavy atom. The summed E-state index contributed by atoms with van der Waals surface area (Å²) in [4.78, 5) is 0. The molecule has 0 saturated heterocycles. The maximum atomic E-state index is 13.3. The summed E-state index contributed by atoms with van der Waals surface area (Å²) in [6.07, 6.45) is 0.763. The molecular formula is C10H11F2N. The zero-order chi connectivity index (χ0) is 9.59. The van der Waals surface area contributed by atoms with Crippen LogP contribution in [0.15, 0.2) is 12.1 Å². The van der Waals surface area contributed by atoms with Crippen molar-refractivity contribution in [2.75, 3.05) is 0 Å². The van der Waals surface area contributed by atoms with Crippen LogP contribution in [0, 0.1) is 18.6 Å². The predicted octanol–water partition coefficient (Wildman–Crippen LogP) is 2.09. The summed E-state index contributed by atoms with van der Waals surface area (Å²) < 4.78 is 26.3. The van der Waals surface area contributed by atoms with Crippen LogP contribution in [0.25, 0.3) is 0 Å². The van der Waals surface area contributed by atoms with E-state index in [1.165, 1.54) is 12.1 Å². The highest BCUT2D eigenvalue weighted by Gasteiger charge is 2.37. The minimum absolute atomic E-state index is 0.0107. The van der Waals surface area contributed by atoms with Gasteiger partial charge in [-0.05, 0) is 36.6 Å². The first kappa shape index (κ1) is 8.63. The Labute approximate surface area is 75.6 Å². The molecule has 1 fully saturated rings. The van der Waals surface area contributed by atoms with Crippen LogP contribution in [0.5, 0.6) is 0 Å². The molecule has 0 heterocycles. The number of aryl methyl sites for hydroxylation is 1. The summed E-state index contributed by atoms with van der Waals surface area (Å²) in [5.41, 5.74) is 6.34. The molecule has 1 aromatic rings. The van der Waals surface area contributed by atoms with Gasteiger partial charge in [0.1, 0.15) is 11.6 Å². The third-order valence-corrected chi connectivity index (χ3v) is 2.52. The van der Waals surface area contributed by atoms with Crippen molar-refractivity contribution >= 4 is 0 Å². The SMILES string of the molecule is Cc1cc(F)c([C@@H]2C[C@H]2N)cc1F. The Morgan fingerprint density at radius 2 is 1.92 bits per heavy atom. The van der Waals surface area contributed by atoms with Gasteiger partial charge in [-0.3, -0.25) is 0 Å². The largest absolute Gasteiger partial charge is 0.327 e. The minimum Gasteiger partial charge on any atom is -0.327 e. The van der Waals surface area contributed by atoms with E-state index in [0.717, 1.165) is 6.42 Å². The van der Waals surface area contributed by atoms with Crippen LogP contribution in [-0.2, 0) is 0 Å². The fourth-order valence-corrected chi connectivity index (χ4v) is 1.52. The van der Waals surface area contributed by atoms with Crippen molar-refractivity contribution in [2.45, 2.75) is 25.3 Å². The third-order valence-electron chi connectivity index (χ3n) is 2.52. The number of halogens is 2. The van der Waals surface area contributed by atoms with E-state index >= 15 is 0 Å². The van der Waals surface area contributed by atoms with Crippen molar-refractivity contribution in [3.8, 4) is 0 Å². The third kappa shape index (κ3) is 1.44. The fraction of sp³-hybridized carbons (Fsp3) is 0.400. The van der Waals surface area contributed by atoms with Gasteiger partial charge in [-0.15, -0.1) is 0 Å². The van der Waals surface area contributed by atoms with Crippen LogP contribution in [0.1, 0.15) is 23.5 Å². The van der Waals surface area contributed by atoms with E-state index in [0.29, 0.717) is 11.1 Å². The lowest BCUT2D eigenvalue weighted by molar-refractivity contribution is 0.578. The number of hydrogen-bond acceptors (Lipinski definition) is 1. The quantitative estimate of drug-likeness (QED) is 0.708. The molecule has 70 valence electrons. The van der Waals surface area contributed by atoms with Gasteiger partial charge in [0, 0.05) is 12.0 Å². The van der Waals surface area contributed by atoms with E-state index in [2.05, 4.69) is 0 Å². The molecule has 2 N–H and O–H groups in total. The summed E-state index contributed by atoms with van der Waals surface area (Å²) in [5, 5.41) is 0. The molecule has 0 unspecified atom stereocenters. The Bertz CT molecular complexity index is 349. The van der Waals surface area contributed by atoms with E-state index in [-0.39, 0.29) is 23.6 Å². The number of rotatable bonds is 1. The van der Waals surface area contributed by atoms with E-state index in [4.69, 9.17) is 5.73 Å². The van der Waals surface area contributed by atoms with Gasteiger partial charge in [0.05, 0.1) is 0 Å². The van der Waals surface area contributed by atoms with Gasteiger partial charge in [0.15, 0.2) is 0 Å². The van der Waals surface area contributed by atoms with Crippen molar-refractivity contribution in [1.29, 1.82) is 0 Å². The van der Waals surface area contributed by atoms with Crippen LogP contribution in [0.3, 0.4) is 0 Å². The number of benzene rings is 1. The molecule has 0 aromatic heterocycles. The Morgan fingerprint density at radius 1 is 1.31 bits per heavy atom. The molecule has 13 heavy (non-hydrogen) atoms. The van der Waals surface area contributed by atoms with Crippen molar-refractivity contribution in [2.24, 2.45) is 5.73 Å². The Kier molecular flexibility index (Phi) is 1.84. The molecule has 0 amide bonds. The van der Waals surface area contributed by atoms with Gasteiger partial charge in [0.2, 0.25) is 0 Å². The Hall–Kier alpha value is -0.960. The second-order valence-corrected chi connectivity index (χ2v) is 3.63. The molecule has 0 aliphatic heterocycles. The summed E-state index contributed by atoms with van der Waals surface area (Å²) in [7, 11) is 0. The van der Waals surface area contributed by atoms with Crippen LogP contribution < -0.4 is 5.73 Å². The normalized spacial score (nSPS) is 26.2. The van der Waals surface area contributed by atoms with Crippen LogP contribution in [0.4, 0.5) is 8.78 Å². The summed E-state index contributed by atoms with van der Waals surface area (Å²) in [6.45, 7) is 1.55. The minimum atomic E-state index is -0.351. The zero-order valence-corrected chi connectivity index (χ0v) is 7.35. The van der Waals surface area contributed by atoms with Gasteiger partial charge in [-0.1, -0.05) is 0 Å². The summed E-state index contributed by atoms with van der Waals surface area (Å²) in [6, 6.07) is 2.51. The van der Waals surface area contributed by atoms with Gasteiger partial charge in [-0.25, -0.2) is 8.78 Å². The molecule has 0 bridgehead atoms. The highest BCUT2D eigenvalue weighted by Crippen LogP contribution is 2.40. The second kappa shape index (κ2) is 2.77. The Balaban J connectivity index is 2.41. The molecule has 1 saturated carbocycles. The average molecular weight is 183 g/mol. The van der Waals surface area contributed by atoms with Crippen molar-refractivity contribution < 1.29 is 8.78 Å². The first-order valence-corrected chi connectivity index (χ1v) is 4.30. The molecule has 3 heteroatoms. The first-order chi connectivity index (χ1) is 6.09. The van der Waals surface area contributed by atoms with Gasteiger partial charge in [-0.2, -0.15) is 0 Å². The molecule has 2 rings (SSSR count). The number of hydrogen-bond donors (Lipinski definition) is 1. The highest BCUT2D eigenvalue weighted by molar-refractivity contribution is 5.32. The average Bonchev–Trinajstić information content (AvgIpc) is 2.75. The van der Waals surface area contributed by atoms with Crippen LogP contribution in [0.2, 0.25) is 0 Å². The predicted molar refractivity (Wildman–Crippen MR) is 46.4 cm³/mol. The second-order valence-electron chi connectivity index (χ2n) is 3.63. The van der Waals surface area contributed by atoms with Gasteiger partial charge in [0.25, 0.3) is 0 Å². The number of nitrogens with two attached hydrogens (primary N) is 1. The zero-order valence-electron chi connectivity index (χ0n) is 7.35. The lowest BCUT2D eigenvalue weighted by Gasteiger charge is -2.03. The maximum absolute atomic E-state index is 13.3. The summed E-state index contributed by atoms with van der Waals surface area (Å²) in [5.74, 6) is -0.664. The lowest BCUT2D eigenvalue weighted by atomic mass is 10.1. The van der Waals surface area contributed by atoms with E-state index in [1.807, 2.05) is 0 Å². The monoisotopic (exact) mass is 183 g/mol. The standard InChI is InChI=1S/C10H11F2N/c1-5-2-9(12)6(3-8(5)11)7-4-10(7)13/h2-3,7,10H,4,13H2,1H3/t7-,10+/m0/s1. The molecule has 1 aromatic carbocycles. The molecule has 1 nitrogen and oxygen atoms in total. The van der Waals surface area contributed by atoms with Crippen LogP contribution in [-0.4, -0.2) is 6.04 Å². The van der Waals surface area contributed by atoms with E-state index in [1.54, 1.807) is 6.92 Å². The lowest BCUT2D eigenvalue weighted by Crippen LogP contribution is -2.03. The molecule has 2 atom stereocenters. The molecular weight excluding hydrogens is 172 g/mol. The topological polar surface area (TPSA) is 26.0 Å². The van der Waals surface area contributed by atoms with Gasteiger partial charge >= 0.3 is 0 Å². The highest BCUT2D eigenvalue weighted by atomic mass is 19.1. The van der Waals surface area contributed by atoms with E-state index < -0.39 is 0 Å². The molecule has 1 aliphatic rings. The smallest absolute Gasteiger partial charge is 0.127 e. The van der Waals surface area contributed by atoms with E-state index in [9.17, 15) is 8.78 Å². The van der Waals surface area contributed by atoms with Crippen LogP contribution >= 0.6 is 0 Å². The van der Waals surface area contributed by atoms with Crippen molar-refractivity contribution in [3.05, 3.63) is 34.9 Å². The molecule has 1 aliphatic carbocycles.